The minimum absolute atomic E-state index is 0.511. The van der Waals surface area contributed by atoms with Crippen molar-refractivity contribution in [3.8, 4) is 0 Å². The third-order valence-electron chi connectivity index (χ3n) is 2.98. The summed E-state index contributed by atoms with van der Waals surface area (Å²) in [6.07, 6.45) is 5.01. The molecule has 2 heteroatoms. The van der Waals surface area contributed by atoms with Gasteiger partial charge in [-0.2, -0.15) is 0 Å². The van der Waals surface area contributed by atoms with E-state index in [2.05, 4.69) is 36.7 Å². The average molecular weight is 251 g/mol. The molecule has 0 rings (SSSR count). The third-order valence-corrected chi connectivity index (χ3v) is 4.17. The molecule has 0 aliphatic rings. The van der Waals surface area contributed by atoms with Gasteiger partial charge in [-0.05, 0) is 38.0 Å². The summed E-state index contributed by atoms with van der Waals surface area (Å²) in [5, 5.41) is 1.12. The Balaban J connectivity index is 3.68. The summed E-state index contributed by atoms with van der Waals surface area (Å²) in [6.45, 7) is 8.39. The Morgan fingerprint density at radius 1 is 1.15 bits per heavy atom. The summed E-state index contributed by atoms with van der Waals surface area (Å²) in [4.78, 5) is 0. The lowest BCUT2D eigenvalue weighted by Crippen LogP contribution is -2.21. The third kappa shape index (κ3) is 5.02. The Morgan fingerprint density at radius 2 is 1.77 bits per heavy atom. The van der Waals surface area contributed by atoms with Crippen molar-refractivity contribution in [3.63, 3.8) is 0 Å². The standard InChI is InChI=1S/C11H23BrO/c1-4-11(5-2,10-12)8-7-9-13-6-3/h4-10H2,1-3H3. The zero-order valence-corrected chi connectivity index (χ0v) is 10.8. The zero-order valence-electron chi connectivity index (χ0n) is 9.24. The van der Waals surface area contributed by atoms with Gasteiger partial charge < -0.3 is 4.74 Å². The predicted molar refractivity (Wildman–Crippen MR) is 62.5 cm³/mol. The van der Waals surface area contributed by atoms with Crippen LogP contribution in [0, 0.1) is 5.41 Å². The van der Waals surface area contributed by atoms with Crippen LogP contribution in [0.1, 0.15) is 46.5 Å². The molecule has 0 saturated heterocycles. The SMILES string of the molecule is CCOCCCC(CC)(CC)CBr. The van der Waals surface area contributed by atoms with E-state index in [1.165, 1.54) is 25.7 Å². The summed E-state index contributed by atoms with van der Waals surface area (Å²) < 4.78 is 5.35. The second-order valence-electron chi connectivity index (χ2n) is 3.64. The molecule has 0 radical (unpaired) electrons. The Bertz CT molecular complexity index is 102. The highest BCUT2D eigenvalue weighted by Gasteiger charge is 2.23. The maximum absolute atomic E-state index is 5.35. The van der Waals surface area contributed by atoms with Crippen molar-refractivity contribution in [1.29, 1.82) is 0 Å². The van der Waals surface area contributed by atoms with Gasteiger partial charge in [0.15, 0.2) is 0 Å². The fourth-order valence-electron chi connectivity index (χ4n) is 1.55. The zero-order chi connectivity index (χ0) is 10.2. The van der Waals surface area contributed by atoms with Crippen LogP contribution in [0.15, 0.2) is 0 Å². The second kappa shape index (κ2) is 7.81. The largest absolute Gasteiger partial charge is 0.382 e. The summed E-state index contributed by atoms with van der Waals surface area (Å²) in [6, 6.07) is 0. The van der Waals surface area contributed by atoms with Crippen LogP contribution >= 0.6 is 15.9 Å². The van der Waals surface area contributed by atoms with Crippen molar-refractivity contribution >= 4 is 15.9 Å². The van der Waals surface area contributed by atoms with Crippen LogP contribution in [0.5, 0.6) is 0 Å². The molecule has 13 heavy (non-hydrogen) atoms. The Morgan fingerprint density at radius 3 is 2.15 bits per heavy atom. The van der Waals surface area contributed by atoms with E-state index in [1.807, 2.05) is 0 Å². The van der Waals surface area contributed by atoms with E-state index in [0.29, 0.717) is 5.41 Å². The average Bonchev–Trinajstić information content (AvgIpc) is 2.20. The molecule has 0 fully saturated rings. The number of ether oxygens (including phenoxy) is 1. The molecular formula is C11H23BrO. The molecule has 0 N–H and O–H groups in total. The molecule has 0 heterocycles. The maximum Gasteiger partial charge on any atom is 0.0466 e. The van der Waals surface area contributed by atoms with Gasteiger partial charge >= 0.3 is 0 Å². The first kappa shape index (κ1) is 13.4. The summed E-state index contributed by atoms with van der Waals surface area (Å²) >= 11 is 3.62. The molecule has 0 atom stereocenters. The maximum atomic E-state index is 5.35. The van der Waals surface area contributed by atoms with E-state index >= 15 is 0 Å². The highest BCUT2D eigenvalue weighted by Crippen LogP contribution is 2.33. The van der Waals surface area contributed by atoms with Gasteiger partial charge in [-0.15, -0.1) is 0 Å². The van der Waals surface area contributed by atoms with E-state index in [4.69, 9.17) is 4.74 Å². The minimum atomic E-state index is 0.511. The first-order chi connectivity index (χ1) is 6.24. The van der Waals surface area contributed by atoms with Crippen LogP contribution in [-0.4, -0.2) is 18.5 Å². The lowest BCUT2D eigenvalue weighted by Gasteiger charge is -2.29. The van der Waals surface area contributed by atoms with Crippen LogP contribution in [0.3, 0.4) is 0 Å². The normalized spacial score (nSPS) is 12.0. The van der Waals surface area contributed by atoms with Gasteiger partial charge in [0, 0.05) is 18.5 Å². The predicted octanol–water partition coefficient (Wildman–Crippen LogP) is 4.00. The van der Waals surface area contributed by atoms with Crippen LogP contribution in [0.4, 0.5) is 0 Å². The van der Waals surface area contributed by atoms with Crippen molar-refractivity contribution in [2.45, 2.75) is 46.5 Å². The van der Waals surface area contributed by atoms with Crippen molar-refractivity contribution in [2.24, 2.45) is 5.41 Å². The highest BCUT2D eigenvalue weighted by molar-refractivity contribution is 9.09. The van der Waals surface area contributed by atoms with Gasteiger partial charge in [-0.25, -0.2) is 0 Å². The first-order valence-corrected chi connectivity index (χ1v) is 6.50. The number of hydrogen-bond acceptors (Lipinski definition) is 1. The quantitative estimate of drug-likeness (QED) is 0.468. The van der Waals surface area contributed by atoms with Crippen LogP contribution in [0.2, 0.25) is 0 Å². The van der Waals surface area contributed by atoms with Crippen molar-refractivity contribution < 1.29 is 4.74 Å². The molecule has 0 unspecified atom stereocenters. The van der Waals surface area contributed by atoms with Gasteiger partial charge in [-0.3, -0.25) is 0 Å². The molecule has 0 spiro atoms. The number of hydrogen-bond donors (Lipinski definition) is 0. The topological polar surface area (TPSA) is 9.23 Å². The summed E-state index contributed by atoms with van der Waals surface area (Å²) in [7, 11) is 0. The molecule has 1 nitrogen and oxygen atoms in total. The second-order valence-corrected chi connectivity index (χ2v) is 4.20. The monoisotopic (exact) mass is 250 g/mol. The minimum Gasteiger partial charge on any atom is -0.382 e. The smallest absolute Gasteiger partial charge is 0.0466 e. The van der Waals surface area contributed by atoms with Gasteiger partial charge in [0.05, 0.1) is 0 Å². The van der Waals surface area contributed by atoms with Crippen LogP contribution < -0.4 is 0 Å². The van der Waals surface area contributed by atoms with Crippen LogP contribution in [-0.2, 0) is 4.74 Å². The molecule has 0 amide bonds. The van der Waals surface area contributed by atoms with Gasteiger partial charge in [-0.1, -0.05) is 29.8 Å². The lowest BCUT2D eigenvalue weighted by molar-refractivity contribution is 0.129. The summed E-state index contributed by atoms with van der Waals surface area (Å²) in [5.41, 5.74) is 0.511. The van der Waals surface area contributed by atoms with Crippen molar-refractivity contribution in [2.75, 3.05) is 18.5 Å². The van der Waals surface area contributed by atoms with Crippen molar-refractivity contribution in [3.05, 3.63) is 0 Å². The number of alkyl halides is 1. The molecule has 0 aromatic carbocycles. The molecule has 0 aliphatic carbocycles. The molecule has 0 aromatic rings. The van der Waals surface area contributed by atoms with Gasteiger partial charge in [0.2, 0.25) is 0 Å². The van der Waals surface area contributed by atoms with Crippen molar-refractivity contribution in [1.82, 2.24) is 0 Å². The van der Waals surface area contributed by atoms with Gasteiger partial charge in [0.1, 0.15) is 0 Å². The molecule has 0 bridgehead atoms. The Kier molecular flexibility index (Phi) is 8.07. The Hall–Kier alpha value is 0.440. The van der Waals surface area contributed by atoms with E-state index in [9.17, 15) is 0 Å². The fourth-order valence-corrected chi connectivity index (χ4v) is 2.63. The lowest BCUT2D eigenvalue weighted by atomic mass is 9.80. The number of halogens is 1. The fraction of sp³-hybridized carbons (Fsp3) is 1.00. The van der Waals surface area contributed by atoms with Crippen LogP contribution in [0.25, 0.3) is 0 Å². The molecule has 0 saturated carbocycles. The summed E-state index contributed by atoms with van der Waals surface area (Å²) in [5.74, 6) is 0. The molecular weight excluding hydrogens is 228 g/mol. The number of rotatable bonds is 8. The molecule has 80 valence electrons. The molecule has 0 aromatic heterocycles. The van der Waals surface area contributed by atoms with Gasteiger partial charge in [0.25, 0.3) is 0 Å². The highest BCUT2D eigenvalue weighted by atomic mass is 79.9. The van der Waals surface area contributed by atoms with E-state index in [1.54, 1.807) is 0 Å². The first-order valence-electron chi connectivity index (χ1n) is 5.38. The van der Waals surface area contributed by atoms with E-state index < -0.39 is 0 Å². The van der Waals surface area contributed by atoms with E-state index in [0.717, 1.165) is 18.5 Å². The Labute approximate surface area is 91.4 Å². The molecule has 0 aliphatic heterocycles. The van der Waals surface area contributed by atoms with E-state index in [-0.39, 0.29) is 0 Å².